The fourth-order valence-corrected chi connectivity index (χ4v) is 10.5. The van der Waals surface area contributed by atoms with Crippen molar-refractivity contribution >= 4 is 57.8 Å². The standard InChI is InChI=1S/C25H29FN6O4.C19H23BrFN5O3.C17H20BNO3.H2/c1-14-23-21(31-25(27)28-14)12-20(30-24(23)32-36-10-4-5-16(34)13-33)17-9-8-15(26)11-18(17)19-6-3-7-22(29-19)35-2;1-10-17-16(25-19(22)23-10)8-15(13-5-4-11(21)7-14(13)20)24-18(17)26-29-6-2-3-12(28)9-27;1-20-17-9-5-6-15(14-17)18-21-12-10-19(11-13-22-18)16-7-3-2-4-8-16;/h3,6-9,11,16,20,33-34H,4-5,10,12-13H2,1-2H3,(H,30,32)(H2,27,28,31);4-5,7,12,15,27-28H,2-3,6,8-9H2,1H3,(H,24,26)(H2,22,23,25);2-9,14H,10-13H2,1H3;1H/t16-,20+;12-,15+;;/m00../s1/i;;;1+1. The van der Waals surface area contributed by atoms with Gasteiger partial charge in [-0.1, -0.05) is 64.5 Å². The number of hydrogen-bond donors (Lipinski definition) is 8. The number of halogens is 3. The summed E-state index contributed by atoms with van der Waals surface area (Å²) in [7, 11) is 2.86. The molecule has 10 rings (SSSR count). The molecule has 3 aliphatic heterocycles. The highest BCUT2D eigenvalue weighted by Crippen LogP contribution is 2.37. The van der Waals surface area contributed by atoms with E-state index < -0.39 is 24.1 Å². The lowest BCUT2D eigenvalue weighted by Gasteiger charge is -2.29. The number of nitrogens with one attached hydrogen (secondary N) is 2. The molecule has 7 aromatic rings. The fourth-order valence-electron chi connectivity index (χ4n) is 9.91. The van der Waals surface area contributed by atoms with E-state index in [9.17, 15) is 19.0 Å². The Labute approximate surface area is 513 Å². The Morgan fingerprint density at radius 2 is 1.23 bits per heavy atom. The van der Waals surface area contributed by atoms with Gasteiger partial charge in [-0.05, 0) is 111 Å². The van der Waals surface area contributed by atoms with Gasteiger partial charge in [-0.3, -0.25) is 19.7 Å². The van der Waals surface area contributed by atoms with Gasteiger partial charge in [-0.2, -0.15) is 0 Å². The summed E-state index contributed by atoms with van der Waals surface area (Å²) in [5.41, 5.74) is 26.6. The lowest BCUT2D eigenvalue weighted by molar-refractivity contribution is 0.0532. The minimum Gasteiger partial charge on any atom is -0.497 e. The first-order valence-electron chi connectivity index (χ1n) is 28.3. The minimum absolute atomic E-state index is 0. The zero-order valence-corrected chi connectivity index (χ0v) is 50.4. The summed E-state index contributed by atoms with van der Waals surface area (Å²) in [5.74, 6) is 1.72. The zero-order chi connectivity index (χ0) is 61.8. The Morgan fingerprint density at radius 3 is 1.78 bits per heavy atom. The van der Waals surface area contributed by atoms with E-state index in [-0.39, 0.29) is 52.1 Å². The third kappa shape index (κ3) is 18.1. The second-order valence-corrected chi connectivity index (χ2v) is 21.2. The highest BCUT2D eigenvalue weighted by molar-refractivity contribution is 9.10. The molecule has 87 heavy (non-hydrogen) atoms. The number of hydroxylamine groups is 2. The number of para-hydroxylation sites is 1. The summed E-state index contributed by atoms with van der Waals surface area (Å²) in [4.78, 5) is 44.8. The first-order valence-corrected chi connectivity index (χ1v) is 29.1. The number of benzene rings is 4. The van der Waals surface area contributed by atoms with E-state index in [1.54, 1.807) is 37.4 Å². The molecule has 3 aliphatic rings. The highest BCUT2D eigenvalue weighted by Gasteiger charge is 2.31. The Kier molecular flexibility index (Phi) is 24.2. The van der Waals surface area contributed by atoms with E-state index in [2.05, 4.69) is 81.0 Å². The lowest BCUT2D eigenvalue weighted by Crippen LogP contribution is -2.44. The number of pyridine rings is 1. The minimum atomic E-state index is -0.786. The second-order valence-electron chi connectivity index (χ2n) is 20.4. The molecular weight excluding hydrogens is 1190 g/mol. The van der Waals surface area contributed by atoms with Gasteiger partial charge in [0.1, 0.15) is 17.4 Å². The Hall–Kier alpha value is -7.79. The molecule has 0 unspecified atom stereocenters. The Morgan fingerprint density at radius 1 is 0.678 bits per heavy atom. The summed E-state index contributed by atoms with van der Waals surface area (Å²) in [6.45, 7) is 6.60. The molecule has 3 aromatic heterocycles. The average Bonchev–Trinajstić information content (AvgIpc) is 1.84. The second kappa shape index (κ2) is 32.3. The van der Waals surface area contributed by atoms with E-state index in [1.807, 2.05) is 44.2 Å². The number of aryl methyl sites for hydroxylation is 2. The molecule has 4 atom stereocenters. The van der Waals surface area contributed by atoms with Gasteiger partial charge < -0.3 is 55.6 Å². The van der Waals surface area contributed by atoms with Crippen LogP contribution in [0.3, 0.4) is 0 Å². The van der Waals surface area contributed by atoms with Crippen LogP contribution in [0, 0.1) is 25.5 Å². The fraction of sp³-hybridized carbons (Fsp3) is 0.361. The van der Waals surface area contributed by atoms with Crippen molar-refractivity contribution in [3.8, 4) is 22.9 Å². The number of fused-ring (bicyclic) bond motifs is 2. The molecule has 0 aliphatic carbocycles. The van der Waals surface area contributed by atoms with Crippen molar-refractivity contribution in [1.29, 1.82) is 0 Å². The summed E-state index contributed by atoms with van der Waals surface area (Å²) in [6.07, 6.45) is 1.26. The van der Waals surface area contributed by atoms with Crippen LogP contribution in [0.15, 0.2) is 124 Å². The topological polar surface area (TPSA) is 305 Å². The number of aromatic nitrogens is 5. The number of nitrogens with zero attached hydrogens (tertiary/aromatic N) is 8. The molecule has 1 fully saturated rings. The van der Waals surface area contributed by atoms with Gasteiger partial charge in [0.25, 0.3) is 0 Å². The Balaban J connectivity index is 0.000000193. The van der Waals surface area contributed by atoms with Gasteiger partial charge in [0, 0.05) is 62.4 Å². The van der Waals surface area contributed by atoms with Gasteiger partial charge >= 0.3 is 7.12 Å². The number of aliphatic hydroxyl groups is 4. The number of methoxy groups -OCH3 is 2. The van der Waals surface area contributed by atoms with Crippen molar-refractivity contribution in [2.24, 2.45) is 9.98 Å². The number of amidine groups is 2. The van der Waals surface area contributed by atoms with E-state index in [4.69, 9.17) is 60.1 Å². The summed E-state index contributed by atoms with van der Waals surface area (Å²) >= 11 is 3.40. The molecule has 26 heteroatoms. The van der Waals surface area contributed by atoms with Crippen molar-refractivity contribution < 1.29 is 59.1 Å². The van der Waals surface area contributed by atoms with E-state index in [0.717, 1.165) is 46.7 Å². The quantitative estimate of drug-likeness (QED) is 0.0246. The predicted molar refractivity (Wildman–Crippen MR) is 332 cm³/mol. The van der Waals surface area contributed by atoms with Gasteiger partial charge in [0.15, 0.2) is 11.7 Å². The van der Waals surface area contributed by atoms with Gasteiger partial charge in [0.05, 0.1) is 105 Å². The monoisotopic (exact) mass is 1260 g/mol. The van der Waals surface area contributed by atoms with E-state index >= 15 is 0 Å². The number of aliphatic imine (C=N–C) groups is 2. The summed E-state index contributed by atoms with van der Waals surface area (Å²) in [6, 6.07) is 31.7. The molecule has 0 amide bonds. The van der Waals surface area contributed by atoms with Crippen LogP contribution >= 0.6 is 15.9 Å². The molecule has 4 aromatic carbocycles. The molecule has 6 heterocycles. The number of nitrogens with two attached hydrogens (primary N) is 2. The number of anilines is 3. The maximum Gasteiger partial charge on any atom is 0.494 e. The largest absolute Gasteiger partial charge is 0.497 e. The molecule has 0 bridgehead atoms. The smallest absolute Gasteiger partial charge is 0.494 e. The number of aliphatic hydroxyl groups excluding tert-OH is 4. The summed E-state index contributed by atoms with van der Waals surface area (Å²) < 4.78 is 50.7. The molecule has 10 N–H and O–H groups in total. The van der Waals surface area contributed by atoms with E-state index in [0.29, 0.717) is 114 Å². The van der Waals surface area contributed by atoms with Crippen LogP contribution in [0.5, 0.6) is 11.6 Å². The average molecular weight is 1270 g/mol. The van der Waals surface area contributed by atoms with Crippen LogP contribution in [0.4, 0.5) is 26.4 Å². The first-order chi connectivity index (χ1) is 42.1. The van der Waals surface area contributed by atoms with Crippen LogP contribution in [0.2, 0.25) is 0 Å². The lowest BCUT2D eigenvalue weighted by atomic mass is 9.78. The van der Waals surface area contributed by atoms with Crippen LogP contribution in [-0.2, 0) is 31.8 Å². The third-order valence-electron chi connectivity index (χ3n) is 14.2. The normalized spacial score (nSPS) is 16.2. The van der Waals surface area contributed by atoms with Crippen LogP contribution in [-0.4, -0.2) is 143 Å². The molecule has 0 spiro atoms. The van der Waals surface area contributed by atoms with Crippen LogP contribution in [0.1, 0.15) is 84.2 Å². The number of hydrogen-bond acceptors (Lipinski definition) is 22. The van der Waals surface area contributed by atoms with Crippen LogP contribution in [0.25, 0.3) is 11.3 Å². The Bertz CT molecular complexity index is 3450. The van der Waals surface area contributed by atoms with Crippen LogP contribution < -0.4 is 42.3 Å². The first kappa shape index (κ1) is 65.2. The third-order valence-corrected chi connectivity index (χ3v) is 14.8. The van der Waals surface area contributed by atoms with Crippen molar-refractivity contribution in [2.75, 3.05) is 83.3 Å². The number of nitrogen functional groups attached to an aromatic ring is 2. The van der Waals surface area contributed by atoms with E-state index in [1.165, 1.54) is 37.1 Å². The molecule has 1 saturated heterocycles. The van der Waals surface area contributed by atoms with Crippen molar-refractivity contribution in [3.63, 3.8) is 0 Å². The number of ether oxygens (including phenoxy) is 2. The van der Waals surface area contributed by atoms with Crippen molar-refractivity contribution in [3.05, 3.63) is 170 Å². The van der Waals surface area contributed by atoms with Crippen molar-refractivity contribution in [1.82, 2.24) is 35.9 Å². The molecule has 0 radical (unpaired) electrons. The number of rotatable bonds is 19. The molecular formula is C61H74BBrF2N12O10. The van der Waals surface area contributed by atoms with Gasteiger partial charge in [-0.25, -0.2) is 44.7 Å². The summed E-state index contributed by atoms with van der Waals surface area (Å²) in [5, 5.41) is 36.7. The SMILES string of the molecule is COc1cccc(-c2cc(F)ccc2[C@H]2Cc3nc(N)nc(C)c3C(NOCCC[C@H](O)CO)=N2)n1.COc1cccc(B2OCCN(c3ccccc3)CCO2)c1.Cc1nc(N)nc2c1C(NOCCC[C@H](O)CO)=N[C@@H](c1ccc(F)cc1Br)C2.[2HH]. The van der Waals surface area contributed by atoms with Crippen molar-refractivity contribution in [2.45, 2.75) is 76.7 Å². The zero-order valence-electron chi connectivity index (χ0n) is 48.8. The molecule has 0 saturated carbocycles. The predicted octanol–water partition coefficient (Wildman–Crippen LogP) is 6.43. The van der Waals surface area contributed by atoms with Gasteiger partial charge in [-0.15, -0.1) is 0 Å². The maximum absolute atomic E-state index is 14.3. The molecule has 22 nitrogen and oxygen atoms in total. The van der Waals surface area contributed by atoms with Gasteiger partial charge in [0.2, 0.25) is 17.8 Å². The maximum atomic E-state index is 14.3. The highest BCUT2D eigenvalue weighted by atomic mass is 79.9. The molecule has 462 valence electrons.